The summed E-state index contributed by atoms with van der Waals surface area (Å²) in [5.41, 5.74) is 6.63. The Morgan fingerprint density at radius 2 is 1.75 bits per heavy atom. The summed E-state index contributed by atoms with van der Waals surface area (Å²) >= 11 is 0. The number of nitrogens with zero attached hydrogens (tertiary/aromatic N) is 1. The van der Waals surface area contributed by atoms with Crippen LogP contribution in [0.4, 0.5) is 0 Å². The van der Waals surface area contributed by atoms with Crippen molar-refractivity contribution in [2.45, 2.75) is 57.4 Å². The van der Waals surface area contributed by atoms with Crippen molar-refractivity contribution in [3.8, 4) is 0 Å². The molecule has 1 saturated heterocycles. The first-order chi connectivity index (χ1) is 7.83. The van der Waals surface area contributed by atoms with E-state index in [4.69, 9.17) is 5.73 Å². The van der Waals surface area contributed by atoms with E-state index in [1.807, 2.05) is 0 Å². The molecule has 2 heteroatoms. The molecule has 0 aromatic heterocycles. The van der Waals surface area contributed by atoms with Gasteiger partial charge in [-0.05, 0) is 43.6 Å². The molecule has 3 rings (SSSR count). The third-order valence-corrected chi connectivity index (χ3v) is 5.38. The average Bonchev–Trinajstić information content (AvgIpc) is 2.74. The van der Waals surface area contributed by atoms with Crippen molar-refractivity contribution in [1.82, 2.24) is 4.90 Å². The van der Waals surface area contributed by atoms with Gasteiger partial charge >= 0.3 is 0 Å². The highest BCUT2D eigenvalue weighted by Gasteiger charge is 2.47. The lowest BCUT2D eigenvalue weighted by molar-refractivity contribution is -0.0626. The van der Waals surface area contributed by atoms with E-state index in [9.17, 15) is 0 Å². The number of hydrogen-bond donors (Lipinski definition) is 1. The molecule has 2 unspecified atom stereocenters. The molecular formula is C14H26N2. The molecule has 1 spiro atoms. The molecular weight excluding hydrogens is 196 g/mol. The van der Waals surface area contributed by atoms with E-state index in [0.29, 0.717) is 0 Å². The number of rotatable bonds is 2. The Hall–Kier alpha value is -0.0800. The Bertz CT molecular complexity index is 237. The zero-order valence-electron chi connectivity index (χ0n) is 10.5. The fourth-order valence-corrected chi connectivity index (χ4v) is 4.44. The summed E-state index contributed by atoms with van der Waals surface area (Å²) in [6.07, 6.45) is 11.7. The molecule has 2 saturated carbocycles. The lowest BCUT2D eigenvalue weighted by Gasteiger charge is -2.55. The summed E-state index contributed by atoms with van der Waals surface area (Å²) in [5, 5.41) is 0. The highest BCUT2D eigenvalue weighted by Crippen LogP contribution is 2.46. The van der Waals surface area contributed by atoms with E-state index >= 15 is 0 Å². The van der Waals surface area contributed by atoms with Crippen LogP contribution in [-0.2, 0) is 0 Å². The maximum atomic E-state index is 5.88. The fraction of sp³-hybridized carbons (Fsp3) is 1.00. The third kappa shape index (κ3) is 1.80. The molecule has 92 valence electrons. The Morgan fingerprint density at radius 3 is 2.44 bits per heavy atom. The molecule has 2 aliphatic carbocycles. The normalized spacial score (nSPS) is 38.8. The molecule has 3 fully saturated rings. The van der Waals surface area contributed by atoms with Gasteiger partial charge in [-0.15, -0.1) is 0 Å². The topological polar surface area (TPSA) is 29.3 Å². The second-order valence-electron chi connectivity index (χ2n) is 6.46. The molecule has 0 bridgehead atoms. The summed E-state index contributed by atoms with van der Waals surface area (Å²) in [5.74, 6) is 0.806. The molecule has 1 heterocycles. The Kier molecular flexibility index (Phi) is 2.97. The summed E-state index contributed by atoms with van der Waals surface area (Å²) < 4.78 is 0. The minimum Gasteiger partial charge on any atom is -0.330 e. The van der Waals surface area contributed by atoms with E-state index in [1.165, 1.54) is 64.5 Å². The predicted octanol–water partition coefficient (Wildman–Crippen LogP) is 2.38. The zero-order chi connectivity index (χ0) is 11.0. The van der Waals surface area contributed by atoms with Crippen LogP contribution in [-0.4, -0.2) is 30.6 Å². The number of hydrogen-bond acceptors (Lipinski definition) is 2. The minimum atomic E-state index is 0.750. The summed E-state index contributed by atoms with van der Waals surface area (Å²) in [4.78, 5) is 2.76. The summed E-state index contributed by atoms with van der Waals surface area (Å²) in [6.45, 7) is 3.70. The lowest BCUT2D eigenvalue weighted by atomic mass is 9.68. The molecule has 0 radical (unpaired) electrons. The van der Waals surface area contributed by atoms with Crippen molar-refractivity contribution in [2.24, 2.45) is 17.1 Å². The predicted molar refractivity (Wildman–Crippen MR) is 67.3 cm³/mol. The lowest BCUT2D eigenvalue weighted by Crippen LogP contribution is -2.61. The summed E-state index contributed by atoms with van der Waals surface area (Å²) in [7, 11) is 0. The minimum absolute atomic E-state index is 0.750. The van der Waals surface area contributed by atoms with Crippen LogP contribution < -0.4 is 5.73 Å². The number of likely N-dealkylation sites (tertiary alicyclic amines) is 1. The van der Waals surface area contributed by atoms with Crippen LogP contribution in [0.15, 0.2) is 0 Å². The van der Waals surface area contributed by atoms with Gasteiger partial charge in [-0.2, -0.15) is 0 Å². The second-order valence-corrected chi connectivity index (χ2v) is 6.46. The van der Waals surface area contributed by atoms with Crippen LogP contribution in [0.3, 0.4) is 0 Å². The van der Waals surface area contributed by atoms with E-state index in [1.54, 1.807) is 0 Å². The molecule has 1 aliphatic heterocycles. The van der Waals surface area contributed by atoms with Gasteiger partial charge < -0.3 is 5.73 Å². The Balaban J connectivity index is 1.55. The maximum absolute atomic E-state index is 5.88. The van der Waals surface area contributed by atoms with Crippen LogP contribution in [0, 0.1) is 11.3 Å². The van der Waals surface area contributed by atoms with Crippen molar-refractivity contribution in [3.05, 3.63) is 0 Å². The molecule has 2 atom stereocenters. The molecule has 0 aromatic rings. The Morgan fingerprint density at radius 1 is 1.00 bits per heavy atom. The van der Waals surface area contributed by atoms with Crippen molar-refractivity contribution >= 4 is 0 Å². The smallest absolute Gasteiger partial charge is 0.0136 e. The highest BCUT2D eigenvalue weighted by atomic mass is 15.2. The van der Waals surface area contributed by atoms with E-state index < -0.39 is 0 Å². The van der Waals surface area contributed by atoms with Crippen molar-refractivity contribution < 1.29 is 0 Å². The quantitative estimate of drug-likeness (QED) is 0.777. The largest absolute Gasteiger partial charge is 0.330 e. The second kappa shape index (κ2) is 4.30. The first kappa shape index (κ1) is 11.0. The zero-order valence-corrected chi connectivity index (χ0v) is 10.5. The van der Waals surface area contributed by atoms with Crippen molar-refractivity contribution in [3.63, 3.8) is 0 Å². The van der Waals surface area contributed by atoms with E-state index in [2.05, 4.69) is 4.90 Å². The molecule has 3 aliphatic rings. The van der Waals surface area contributed by atoms with Crippen LogP contribution in [0.1, 0.15) is 51.4 Å². The van der Waals surface area contributed by atoms with Gasteiger partial charge in [0.05, 0.1) is 0 Å². The highest BCUT2D eigenvalue weighted by molar-refractivity contribution is 5.01. The van der Waals surface area contributed by atoms with E-state index in [-0.39, 0.29) is 0 Å². The standard InChI is InChI=1S/C14H26N2/c15-9-12-5-4-6-13(12)16-10-14(11-16)7-2-1-3-8-14/h12-13H,1-11,15H2. The van der Waals surface area contributed by atoms with Crippen LogP contribution in [0.25, 0.3) is 0 Å². The van der Waals surface area contributed by atoms with Gasteiger partial charge in [0.1, 0.15) is 0 Å². The third-order valence-electron chi connectivity index (χ3n) is 5.38. The van der Waals surface area contributed by atoms with Gasteiger partial charge in [0.15, 0.2) is 0 Å². The molecule has 0 amide bonds. The van der Waals surface area contributed by atoms with Crippen LogP contribution in [0.2, 0.25) is 0 Å². The van der Waals surface area contributed by atoms with Crippen LogP contribution in [0.5, 0.6) is 0 Å². The van der Waals surface area contributed by atoms with Crippen LogP contribution >= 0.6 is 0 Å². The Labute approximate surface area is 99.6 Å². The van der Waals surface area contributed by atoms with Crippen molar-refractivity contribution in [1.29, 1.82) is 0 Å². The average molecular weight is 222 g/mol. The van der Waals surface area contributed by atoms with Gasteiger partial charge in [0.2, 0.25) is 0 Å². The van der Waals surface area contributed by atoms with Gasteiger partial charge in [-0.3, -0.25) is 4.90 Å². The van der Waals surface area contributed by atoms with Gasteiger partial charge in [0.25, 0.3) is 0 Å². The molecule has 0 aromatic carbocycles. The first-order valence-electron chi connectivity index (χ1n) is 7.27. The van der Waals surface area contributed by atoms with Crippen molar-refractivity contribution in [2.75, 3.05) is 19.6 Å². The van der Waals surface area contributed by atoms with E-state index in [0.717, 1.165) is 23.9 Å². The SMILES string of the molecule is NCC1CCCC1N1CC2(CCCCC2)C1. The summed E-state index contributed by atoms with van der Waals surface area (Å²) in [6, 6.07) is 0.845. The monoisotopic (exact) mass is 222 g/mol. The fourth-order valence-electron chi connectivity index (χ4n) is 4.44. The first-order valence-corrected chi connectivity index (χ1v) is 7.27. The van der Waals surface area contributed by atoms with Gasteiger partial charge in [-0.1, -0.05) is 25.7 Å². The molecule has 16 heavy (non-hydrogen) atoms. The molecule has 2 N–H and O–H groups in total. The van der Waals surface area contributed by atoms with Gasteiger partial charge in [-0.25, -0.2) is 0 Å². The van der Waals surface area contributed by atoms with Gasteiger partial charge in [0, 0.05) is 19.1 Å². The maximum Gasteiger partial charge on any atom is 0.0136 e. The molecule has 2 nitrogen and oxygen atoms in total. The number of nitrogens with two attached hydrogens (primary N) is 1.